The van der Waals surface area contributed by atoms with Gasteiger partial charge in [-0.2, -0.15) is 0 Å². The molecular formula is C10H12F2N4O2. The van der Waals surface area contributed by atoms with Crippen LogP contribution in [0.15, 0.2) is 12.1 Å². The molecule has 3 amide bonds. The minimum atomic E-state index is -1.16. The molecule has 0 aliphatic carbocycles. The van der Waals surface area contributed by atoms with Gasteiger partial charge in [0.05, 0.1) is 5.56 Å². The topological polar surface area (TPSA) is 110 Å². The highest BCUT2D eigenvalue weighted by atomic mass is 19.2. The number of nitrogens with two attached hydrogens (primary N) is 2. The molecule has 18 heavy (non-hydrogen) atoms. The number of rotatable bonds is 4. The average Bonchev–Trinajstić information content (AvgIpc) is 2.28. The quantitative estimate of drug-likeness (QED) is 0.448. The van der Waals surface area contributed by atoms with Gasteiger partial charge in [-0.1, -0.05) is 0 Å². The van der Waals surface area contributed by atoms with E-state index in [1.807, 2.05) is 0 Å². The van der Waals surface area contributed by atoms with Crippen molar-refractivity contribution in [1.29, 1.82) is 0 Å². The van der Waals surface area contributed by atoms with Gasteiger partial charge >= 0.3 is 6.03 Å². The van der Waals surface area contributed by atoms with E-state index in [0.29, 0.717) is 6.07 Å². The van der Waals surface area contributed by atoms with Crippen molar-refractivity contribution in [2.45, 2.75) is 0 Å². The number of nitrogen functional groups attached to an aromatic ring is 1. The van der Waals surface area contributed by atoms with Gasteiger partial charge in [-0.3, -0.25) is 4.79 Å². The van der Waals surface area contributed by atoms with E-state index < -0.39 is 23.6 Å². The first kappa shape index (κ1) is 13.7. The molecular weight excluding hydrogens is 246 g/mol. The largest absolute Gasteiger partial charge is 0.398 e. The maximum absolute atomic E-state index is 12.9. The fraction of sp³-hybridized carbons (Fsp3) is 0.200. The predicted octanol–water partition coefficient (Wildman–Crippen LogP) is -0.0549. The lowest BCUT2D eigenvalue weighted by Crippen LogP contribution is -2.37. The average molecular weight is 258 g/mol. The number of urea groups is 1. The zero-order chi connectivity index (χ0) is 13.7. The summed E-state index contributed by atoms with van der Waals surface area (Å²) in [4.78, 5) is 21.9. The van der Waals surface area contributed by atoms with E-state index >= 15 is 0 Å². The third-order valence-corrected chi connectivity index (χ3v) is 2.05. The molecule has 0 aliphatic rings. The summed E-state index contributed by atoms with van der Waals surface area (Å²) < 4.78 is 25.7. The van der Waals surface area contributed by atoms with Crippen LogP contribution >= 0.6 is 0 Å². The monoisotopic (exact) mass is 258 g/mol. The second-order valence-electron chi connectivity index (χ2n) is 3.40. The number of hydrogen-bond acceptors (Lipinski definition) is 3. The molecule has 0 aromatic heterocycles. The number of amides is 3. The molecule has 0 radical (unpaired) electrons. The molecule has 0 saturated carbocycles. The third-order valence-electron chi connectivity index (χ3n) is 2.05. The number of halogens is 2. The Labute approximate surface area is 101 Å². The maximum Gasteiger partial charge on any atom is 0.312 e. The Balaban J connectivity index is 2.62. The lowest BCUT2D eigenvalue weighted by Gasteiger charge is -2.08. The summed E-state index contributed by atoms with van der Waals surface area (Å²) in [7, 11) is 0. The van der Waals surface area contributed by atoms with Gasteiger partial charge in [-0.25, -0.2) is 13.6 Å². The maximum atomic E-state index is 12.9. The van der Waals surface area contributed by atoms with E-state index in [0.717, 1.165) is 6.07 Å². The van der Waals surface area contributed by atoms with Crippen LogP contribution in [-0.4, -0.2) is 25.0 Å². The molecule has 98 valence electrons. The lowest BCUT2D eigenvalue weighted by atomic mass is 10.1. The third kappa shape index (κ3) is 3.58. The molecule has 1 aromatic rings. The predicted molar refractivity (Wildman–Crippen MR) is 60.7 cm³/mol. The molecule has 8 heteroatoms. The van der Waals surface area contributed by atoms with Crippen LogP contribution in [0.3, 0.4) is 0 Å². The standard InChI is InChI=1S/C10H12F2N4O2/c11-6-3-5(8(13)4-7(6)12)9(17)15-1-2-16-10(14)18/h3-4H,1-2,13H2,(H,15,17)(H3,14,16,18). The first-order valence-electron chi connectivity index (χ1n) is 4.98. The Morgan fingerprint density at radius 2 is 1.67 bits per heavy atom. The molecule has 0 fully saturated rings. The van der Waals surface area contributed by atoms with Gasteiger partial charge in [0.25, 0.3) is 5.91 Å². The number of benzene rings is 1. The summed E-state index contributed by atoms with van der Waals surface area (Å²) in [5.41, 5.74) is 9.85. The van der Waals surface area contributed by atoms with Crippen molar-refractivity contribution in [1.82, 2.24) is 10.6 Å². The molecule has 0 saturated heterocycles. The molecule has 0 bridgehead atoms. The Hall–Kier alpha value is -2.38. The summed E-state index contributed by atoms with van der Waals surface area (Å²) in [6, 6.07) is 0.713. The van der Waals surface area contributed by atoms with Gasteiger partial charge in [-0.05, 0) is 6.07 Å². The fourth-order valence-electron chi connectivity index (χ4n) is 1.22. The molecule has 0 spiro atoms. The summed E-state index contributed by atoms with van der Waals surface area (Å²) in [6.07, 6.45) is 0. The van der Waals surface area contributed by atoms with Gasteiger partial charge < -0.3 is 22.1 Å². The fourth-order valence-corrected chi connectivity index (χ4v) is 1.22. The Morgan fingerprint density at radius 1 is 1.11 bits per heavy atom. The van der Waals surface area contributed by atoms with Crippen LogP contribution < -0.4 is 22.1 Å². The zero-order valence-corrected chi connectivity index (χ0v) is 9.30. The molecule has 0 atom stereocenters. The number of primary amides is 1. The van der Waals surface area contributed by atoms with Gasteiger partial charge in [-0.15, -0.1) is 0 Å². The minimum absolute atomic E-state index is 0.0835. The first-order valence-corrected chi connectivity index (χ1v) is 4.98. The van der Waals surface area contributed by atoms with Gasteiger partial charge in [0, 0.05) is 24.8 Å². The zero-order valence-electron chi connectivity index (χ0n) is 9.30. The van der Waals surface area contributed by atoms with Gasteiger partial charge in [0.2, 0.25) is 0 Å². The highest BCUT2D eigenvalue weighted by molar-refractivity contribution is 5.99. The highest BCUT2D eigenvalue weighted by Gasteiger charge is 2.13. The van der Waals surface area contributed by atoms with E-state index in [-0.39, 0.29) is 24.3 Å². The summed E-state index contributed by atoms with van der Waals surface area (Å²) in [6.45, 7) is 0.199. The van der Waals surface area contributed by atoms with E-state index in [1.165, 1.54) is 0 Å². The van der Waals surface area contributed by atoms with Crippen molar-refractivity contribution >= 4 is 17.6 Å². The number of nitrogens with one attached hydrogen (secondary N) is 2. The van der Waals surface area contributed by atoms with Crippen LogP contribution in [-0.2, 0) is 0 Å². The molecule has 0 aliphatic heterocycles. The second kappa shape index (κ2) is 5.80. The number of carbonyl (C=O) groups excluding carboxylic acids is 2. The van der Waals surface area contributed by atoms with Crippen LogP contribution in [0.25, 0.3) is 0 Å². The molecule has 0 unspecified atom stereocenters. The van der Waals surface area contributed by atoms with Crippen LogP contribution in [0.4, 0.5) is 19.3 Å². The first-order chi connectivity index (χ1) is 8.41. The summed E-state index contributed by atoms with van der Waals surface area (Å²) >= 11 is 0. The SMILES string of the molecule is NC(=O)NCCNC(=O)c1cc(F)c(F)cc1N. The molecule has 6 N–H and O–H groups in total. The molecule has 1 aromatic carbocycles. The van der Waals surface area contributed by atoms with Crippen molar-refractivity contribution in [3.05, 3.63) is 29.3 Å². The van der Waals surface area contributed by atoms with E-state index in [1.54, 1.807) is 0 Å². The Morgan fingerprint density at radius 3 is 2.28 bits per heavy atom. The van der Waals surface area contributed by atoms with Crippen LogP contribution in [0, 0.1) is 11.6 Å². The van der Waals surface area contributed by atoms with Crippen molar-refractivity contribution in [3.8, 4) is 0 Å². The normalized spacial score (nSPS) is 9.89. The van der Waals surface area contributed by atoms with Crippen LogP contribution in [0.5, 0.6) is 0 Å². The van der Waals surface area contributed by atoms with Gasteiger partial charge in [0.1, 0.15) is 0 Å². The van der Waals surface area contributed by atoms with Crippen LogP contribution in [0.1, 0.15) is 10.4 Å². The van der Waals surface area contributed by atoms with E-state index in [9.17, 15) is 18.4 Å². The number of carbonyl (C=O) groups is 2. The number of anilines is 1. The van der Waals surface area contributed by atoms with Crippen molar-refractivity contribution < 1.29 is 18.4 Å². The minimum Gasteiger partial charge on any atom is -0.398 e. The van der Waals surface area contributed by atoms with Crippen LogP contribution in [0.2, 0.25) is 0 Å². The highest BCUT2D eigenvalue weighted by Crippen LogP contribution is 2.16. The Kier molecular flexibility index (Phi) is 4.41. The van der Waals surface area contributed by atoms with Crippen molar-refractivity contribution in [2.24, 2.45) is 5.73 Å². The van der Waals surface area contributed by atoms with E-state index in [4.69, 9.17) is 11.5 Å². The molecule has 1 rings (SSSR count). The molecule has 6 nitrogen and oxygen atoms in total. The summed E-state index contributed by atoms with van der Waals surface area (Å²) in [5, 5.41) is 4.61. The summed E-state index contributed by atoms with van der Waals surface area (Å²) in [5.74, 6) is -2.96. The molecule has 0 heterocycles. The van der Waals surface area contributed by atoms with Crippen molar-refractivity contribution in [3.63, 3.8) is 0 Å². The van der Waals surface area contributed by atoms with Crippen molar-refractivity contribution in [2.75, 3.05) is 18.8 Å². The Bertz CT molecular complexity index is 479. The lowest BCUT2D eigenvalue weighted by molar-refractivity contribution is 0.0954. The second-order valence-corrected chi connectivity index (χ2v) is 3.40. The smallest absolute Gasteiger partial charge is 0.312 e. The number of hydrogen-bond donors (Lipinski definition) is 4. The van der Waals surface area contributed by atoms with E-state index in [2.05, 4.69) is 10.6 Å². The van der Waals surface area contributed by atoms with Gasteiger partial charge in [0.15, 0.2) is 11.6 Å².